The van der Waals surface area contributed by atoms with Gasteiger partial charge in [-0.3, -0.25) is 14.9 Å². The van der Waals surface area contributed by atoms with Crippen LogP contribution in [0.2, 0.25) is 5.02 Å². The number of thioether (sulfide) groups is 1. The fourth-order valence-electron chi connectivity index (χ4n) is 1.83. The number of hydrogen-bond donors (Lipinski definition) is 2. The van der Waals surface area contributed by atoms with Crippen LogP contribution in [0.15, 0.2) is 23.1 Å². The van der Waals surface area contributed by atoms with Gasteiger partial charge in [-0.25, -0.2) is 4.79 Å². The minimum atomic E-state index is -1.10. The summed E-state index contributed by atoms with van der Waals surface area (Å²) in [5.41, 5.74) is -0.188. The first kappa shape index (κ1) is 19.2. The van der Waals surface area contributed by atoms with Crippen molar-refractivity contribution in [3.8, 4) is 0 Å². The van der Waals surface area contributed by atoms with Crippen LogP contribution in [-0.4, -0.2) is 33.7 Å². The summed E-state index contributed by atoms with van der Waals surface area (Å²) in [5, 5.41) is 22.7. The molecule has 126 valence electrons. The normalized spacial score (nSPS) is 12.0. The zero-order valence-electron chi connectivity index (χ0n) is 12.6. The molecule has 0 saturated heterocycles. The number of amides is 1. The predicted molar refractivity (Wildman–Crippen MR) is 87.9 cm³/mol. The lowest BCUT2D eigenvalue weighted by molar-refractivity contribution is -0.387. The second kappa shape index (κ2) is 8.73. The average Bonchev–Trinajstić information content (AvgIpc) is 2.44. The third-order valence-corrected chi connectivity index (χ3v) is 4.11. The van der Waals surface area contributed by atoms with E-state index >= 15 is 0 Å². The number of nitrogens with zero attached hydrogens (tertiary/aromatic N) is 1. The molecule has 0 radical (unpaired) electrons. The lowest BCUT2D eigenvalue weighted by Crippen LogP contribution is -2.42. The summed E-state index contributed by atoms with van der Waals surface area (Å²) in [7, 11) is 0. The van der Waals surface area contributed by atoms with Gasteiger partial charge in [-0.1, -0.05) is 25.4 Å². The van der Waals surface area contributed by atoms with Crippen molar-refractivity contribution >= 4 is 40.9 Å². The fraction of sp³-hybridized carbons (Fsp3) is 0.429. The molecule has 0 heterocycles. The molecule has 0 aliphatic rings. The molecule has 0 bridgehead atoms. The van der Waals surface area contributed by atoms with Crippen molar-refractivity contribution in [1.29, 1.82) is 0 Å². The maximum atomic E-state index is 11.9. The number of carbonyl (C=O) groups excluding carboxylic acids is 1. The Morgan fingerprint density at radius 3 is 2.61 bits per heavy atom. The Kier molecular flexibility index (Phi) is 7.31. The van der Waals surface area contributed by atoms with E-state index in [-0.39, 0.29) is 22.4 Å². The standard InChI is InChI=1S/C14H17ClN2O5S/c1-8(2)5-10(14(19)20)16-13(18)7-23-12-4-3-9(15)6-11(12)17(21)22/h3-4,6,8,10H,5,7H2,1-2H3,(H,16,18)(H,19,20)/t10-/m1/s1. The topological polar surface area (TPSA) is 110 Å². The molecule has 7 nitrogen and oxygen atoms in total. The third-order valence-electron chi connectivity index (χ3n) is 2.82. The van der Waals surface area contributed by atoms with Gasteiger partial charge in [-0.05, 0) is 24.5 Å². The summed E-state index contributed by atoms with van der Waals surface area (Å²) in [4.78, 5) is 33.7. The molecule has 1 rings (SSSR count). The van der Waals surface area contributed by atoms with Crippen molar-refractivity contribution in [1.82, 2.24) is 5.32 Å². The van der Waals surface area contributed by atoms with Gasteiger partial charge in [0, 0.05) is 11.1 Å². The number of rotatable bonds is 8. The van der Waals surface area contributed by atoms with Gasteiger partial charge in [0.25, 0.3) is 5.69 Å². The molecule has 23 heavy (non-hydrogen) atoms. The lowest BCUT2D eigenvalue weighted by Gasteiger charge is -2.16. The molecule has 0 aliphatic heterocycles. The van der Waals surface area contributed by atoms with Crippen LogP contribution in [0.3, 0.4) is 0 Å². The van der Waals surface area contributed by atoms with Crippen LogP contribution in [-0.2, 0) is 9.59 Å². The summed E-state index contributed by atoms with van der Waals surface area (Å²) < 4.78 is 0. The van der Waals surface area contributed by atoms with Crippen LogP contribution in [0.1, 0.15) is 20.3 Å². The molecular formula is C14H17ClN2O5S. The van der Waals surface area contributed by atoms with E-state index in [1.54, 1.807) is 0 Å². The number of nitro benzene ring substituents is 1. The number of carboxylic acid groups (broad SMARTS) is 1. The van der Waals surface area contributed by atoms with Crippen LogP contribution >= 0.6 is 23.4 Å². The Morgan fingerprint density at radius 2 is 2.09 bits per heavy atom. The quantitative estimate of drug-likeness (QED) is 0.419. The summed E-state index contributed by atoms with van der Waals surface area (Å²) >= 11 is 6.68. The third kappa shape index (κ3) is 6.45. The summed E-state index contributed by atoms with van der Waals surface area (Å²) in [6, 6.07) is 3.19. The average molecular weight is 361 g/mol. The van der Waals surface area contributed by atoms with Gasteiger partial charge < -0.3 is 10.4 Å². The highest BCUT2D eigenvalue weighted by atomic mass is 35.5. The van der Waals surface area contributed by atoms with Crippen LogP contribution < -0.4 is 5.32 Å². The SMILES string of the molecule is CC(C)C[C@@H](NC(=O)CSc1ccc(Cl)cc1[N+](=O)[O-])C(=O)O. The zero-order chi connectivity index (χ0) is 17.6. The maximum Gasteiger partial charge on any atom is 0.326 e. The second-order valence-electron chi connectivity index (χ2n) is 5.25. The van der Waals surface area contributed by atoms with Crippen molar-refractivity contribution in [2.45, 2.75) is 31.2 Å². The Balaban J connectivity index is 2.69. The molecule has 0 aliphatic carbocycles. The molecule has 0 aromatic heterocycles. The molecule has 9 heteroatoms. The van der Waals surface area contributed by atoms with Crippen molar-refractivity contribution < 1.29 is 19.6 Å². The monoisotopic (exact) mass is 360 g/mol. The first-order valence-corrected chi connectivity index (χ1v) is 8.16. The van der Waals surface area contributed by atoms with E-state index in [1.807, 2.05) is 13.8 Å². The van der Waals surface area contributed by atoms with E-state index in [4.69, 9.17) is 16.7 Å². The number of hydrogen-bond acceptors (Lipinski definition) is 5. The molecule has 0 unspecified atom stereocenters. The number of nitro groups is 1. The van der Waals surface area contributed by atoms with E-state index in [0.29, 0.717) is 11.3 Å². The van der Waals surface area contributed by atoms with Gasteiger partial charge in [0.05, 0.1) is 15.6 Å². The van der Waals surface area contributed by atoms with Gasteiger partial charge in [-0.2, -0.15) is 0 Å². The highest BCUT2D eigenvalue weighted by Gasteiger charge is 2.22. The molecule has 0 fully saturated rings. The largest absolute Gasteiger partial charge is 0.480 e. The van der Waals surface area contributed by atoms with Crippen molar-refractivity contribution in [3.05, 3.63) is 33.3 Å². The van der Waals surface area contributed by atoms with Crippen LogP contribution in [0.5, 0.6) is 0 Å². The van der Waals surface area contributed by atoms with Gasteiger partial charge in [0.15, 0.2) is 0 Å². The molecule has 1 aromatic carbocycles. The second-order valence-corrected chi connectivity index (χ2v) is 6.70. The van der Waals surface area contributed by atoms with Crippen LogP contribution in [0.25, 0.3) is 0 Å². The summed E-state index contributed by atoms with van der Waals surface area (Å²) in [6.07, 6.45) is 0.312. The van der Waals surface area contributed by atoms with E-state index in [2.05, 4.69) is 5.32 Å². The van der Waals surface area contributed by atoms with E-state index in [1.165, 1.54) is 18.2 Å². The van der Waals surface area contributed by atoms with Gasteiger partial charge in [0.2, 0.25) is 5.91 Å². The number of carboxylic acids is 1. The first-order chi connectivity index (χ1) is 10.7. The Hall–Kier alpha value is -1.80. The number of benzene rings is 1. The Bertz CT molecular complexity index is 609. The van der Waals surface area contributed by atoms with Crippen molar-refractivity contribution in [2.24, 2.45) is 5.92 Å². The highest BCUT2D eigenvalue weighted by molar-refractivity contribution is 8.00. The number of halogens is 1. The van der Waals surface area contributed by atoms with Crippen LogP contribution in [0.4, 0.5) is 5.69 Å². The van der Waals surface area contributed by atoms with Crippen molar-refractivity contribution in [3.63, 3.8) is 0 Å². The minimum Gasteiger partial charge on any atom is -0.480 e. The zero-order valence-corrected chi connectivity index (χ0v) is 14.2. The van der Waals surface area contributed by atoms with E-state index < -0.39 is 22.8 Å². The summed E-state index contributed by atoms with van der Waals surface area (Å²) in [5.74, 6) is -1.60. The number of carbonyl (C=O) groups is 2. The predicted octanol–water partition coefficient (Wildman–Crippen LogP) is 2.96. The van der Waals surface area contributed by atoms with Crippen LogP contribution in [0, 0.1) is 16.0 Å². The Morgan fingerprint density at radius 1 is 1.43 bits per heavy atom. The number of nitrogens with one attached hydrogen (secondary N) is 1. The molecule has 1 amide bonds. The summed E-state index contributed by atoms with van der Waals surface area (Å²) in [6.45, 7) is 3.71. The Labute approximate surface area is 142 Å². The highest BCUT2D eigenvalue weighted by Crippen LogP contribution is 2.31. The van der Waals surface area contributed by atoms with E-state index in [9.17, 15) is 19.7 Å². The van der Waals surface area contributed by atoms with Gasteiger partial charge >= 0.3 is 5.97 Å². The van der Waals surface area contributed by atoms with E-state index in [0.717, 1.165) is 11.8 Å². The van der Waals surface area contributed by atoms with Gasteiger partial charge in [0.1, 0.15) is 6.04 Å². The molecule has 2 N–H and O–H groups in total. The lowest BCUT2D eigenvalue weighted by atomic mass is 10.0. The molecule has 1 atom stereocenters. The smallest absolute Gasteiger partial charge is 0.326 e. The van der Waals surface area contributed by atoms with Crippen molar-refractivity contribution in [2.75, 3.05) is 5.75 Å². The first-order valence-electron chi connectivity index (χ1n) is 6.79. The molecule has 1 aromatic rings. The van der Waals surface area contributed by atoms with Gasteiger partial charge in [-0.15, -0.1) is 11.8 Å². The fourth-order valence-corrected chi connectivity index (χ4v) is 2.81. The number of aliphatic carboxylic acids is 1. The maximum absolute atomic E-state index is 11.9. The molecule has 0 spiro atoms. The molecule has 0 saturated carbocycles. The molecular weight excluding hydrogens is 344 g/mol. The minimum absolute atomic E-state index is 0.112.